The summed E-state index contributed by atoms with van der Waals surface area (Å²) in [7, 11) is 1.54. The number of anilines is 2. The normalized spacial score (nSPS) is 13.4. The molecule has 0 bridgehead atoms. The predicted octanol–water partition coefficient (Wildman–Crippen LogP) is 6.41. The highest BCUT2D eigenvalue weighted by Gasteiger charge is 2.44. The second-order valence-corrected chi connectivity index (χ2v) is 8.53. The Morgan fingerprint density at radius 3 is 2.08 bits per heavy atom. The van der Waals surface area contributed by atoms with E-state index in [0.717, 1.165) is 14.2 Å². The highest BCUT2D eigenvalue weighted by molar-refractivity contribution is 9.10. The van der Waals surface area contributed by atoms with Crippen LogP contribution in [-0.4, -0.2) is 36.0 Å². The molecule has 38 heavy (non-hydrogen) atoms. The molecule has 1 aromatic carbocycles. The maximum atomic E-state index is 13.7. The summed E-state index contributed by atoms with van der Waals surface area (Å²) < 4.78 is 132. The molecule has 1 atom stereocenters. The first-order valence-corrected chi connectivity index (χ1v) is 11.2. The summed E-state index contributed by atoms with van der Waals surface area (Å²) in [6.07, 6.45) is -18.5. The van der Waals surface area contributed by atoms with Gasteiger partial charge in [0, 0.05) is 13.7 Å². The number of alkyl halides is 9. The van der Waals surface area contributed by atoms with Crippen LogP contribution in [0, 0.1) is 0 Å². The van der Waals surface area contributed by atoms with Crippen LogP contribution in [0.5, 0.6) is 0 Å². The van der Waals surface area contributed by atoms with Gasteiger partial charge in [0.05, 0.1) is 28.4 Å². The number of carbonyl (C=O) groups excluding carboxylic acids is 1. The van der Waals surface area contributed by atoms with Gasteiger partial charge in [-0.25, -0.2) is 9.78 Å². The summed E-state index contributed by atoms with van der Waals surface area (Å²) in [5.41, 5.74) is -8.50. The van der Waals surface area contributed by atoms with Gasteiger partial charge in [-0.2, -0.15) is 39.5 Å². The zero-order chi connectivity index (χ0) is 29.4. The summed E-state index contributed by atoms with van der Waals surface area (Å²) in [5.74, 6) is -2.66. The lowest BCUT2D eigenvalue weighted by atomic mass is 10.1. The van der Waals surface area contributed by atoms with E-state index < -0.39 is 80.8 Å². The van der Waals surface area contributed by atoms with Gasteiger partial charge in [0.2, 0.25) is 12.2 Å². The van der Waals surface area contributed by atoms with Gasteiger partial charge in [-0.05, 0) is 34.5 Å². The van der Waals surface area contributed by atoms with Crippen LogP contribution in [0.15, 0.2) is 21.4 Å². The van der Waals surface area contributed by atoms with Crippen molar-refractivity contribution in [3.05, 3.63) is 48.8 Å². The molecule has 0 aliphatic heterocycles. The van der Waals surface area contributed by atoms with Gasteiger partial charge >= 0.3 is 24.5 Å². The number of halogens is 11. The average molecular weight is 649 g/mol. The topological polar surface area (TPSA) is 73.7 Å². The van der Waals surface area contributed by atoms with Gasteiger partial charge < -0.3 is 9.47 Å². The van der Waals surface area contributed by atoms with Crippen LogP contribution in [0.1, 0.15) is 30.2 Å². The Morgan fingerprint density at radius 2 is 1.66 bits per heavy atom. The molecule has 0 amide bonds. The van der Waals surface area contributed by atoms with E-state index in [2.05, 4.69) is 25.7 Å². The van der Waals surface area contributed by atoms with Crippen molar-refractivity contribution in [2.75, 3.05) is 19.1 Å². The molecule has 1 aromatic heterocycles. The quantitative estimate of drug-likeness (QED) is 0.196. The number of nitrogens with zero attached hydrogens (tertiary/aromatic N) is 3. The lowest BCUT2D eigenvalue weighted by Gasteiger charge is -2.33. The molecule has 0 N–H and O–H groups in total. The Hall–Kier alpha value is -2.53. The lowest BCUT2D eigenvalue weighted by molar-refractivity contribution is -0.151. The van der Waals surface area contributed by atoms with Gasteiger partial charge in [0.1, 0.15) is 5.02 Å². The molecule has 212 valence electrons. The Morgan fingerprint density at radius 1 is 1.08 bits per heavy atom. The fourth-order valence-corrected chi connectivity index (χ4v) is 4.11. The molecule has 0 aliphatic carbocycles. The third-order valence-electron chi connectivity index (χ3n) is 4.83. The van der Waals surface area contributed by atoms with Crippen LogP contribution in [0.4, 0.5) is 51.1 Å². The van der Waals surface area contributed by atoms with E-state index in [1.165, 1.54) is 6.92 Å². The fraction of sp³-hybridized carbons (Fsp3) is 0.450. The predicted molar refractivity (Wildman–Crippen MR) is 118 cm³/mol. The number of aromatic nitrogens is 2. The van der Waals surface area contributed by atoms with Gasteiger partial charge in [-0.1, -0.05) is 18.5 Å². The molecule has 0 saturated carbocycles. The van der Waals surface area contributed by atoms with Crippen molar-refractivity contribution < 1.29 is 53.8 Å². The third-order valence-corrected chi connectivity index (χ3v) is 6.01. The zero-order valence-electron chi connectivity index (χ0n) is 19.3. The van der Waals surface area contributed by atoms with E-state index in [-0.39, 0.29) is 23.5 Å². The van der Waals surface area contributed by atoms with Crippen molar-refractivity contribution in [3.8, 4) is 0 Å². The molecular weight excluding hydrogens is 633 g/mol. The monoisotopic (exact) mass is 647 g/mol. The molecule has 0 fully saturated rings. The second kappa shape index (κ2) is 11.3. The van der Waals surface area contributed by atoms with E-state index in [9.17, 15) is 49.1 Å². The van der Waals surface area contributed by atoms with E-state index in [1.807, 2.05) is 0 Å². The third kappa shape index (κ3) is 6.36. The summed E-state index contributed by atoms with van der Waals surface area (Å²) in [6.45, 7) is 0.984. The summed E-state index contributed by atoms with van der Waals surface area (Å²) >= 11 is 8.12. The minimum atomic E-state index is -5.41. The van der Waals surface area contributed by atoms with E-state index in [0.29, 0.717) is 4.57 Å². The number of hydrogen-bond donors (Lipinski definition) is 0. The number of hydrogen-bond acceptors (Lipinski definition) is 6. The van der Waals surface area contributed by atoms with Crippen LogP contribution >= 0.6 is 27.5 Å². The first-order valence-electron chi connectivity index (χ1n) is 10.1. The lowest BCUT2D eigenvalue weighted by Crippen LogP contribution is -2.44. The van der Waals surface area contributed by atoms with Crippen LogP contribution in [0.25, 0.3) is 0 Å². The summed E-state index contributed by atoms with van der Waals surface area (Å²) in [5, 5.41) is -1.42. The van der Waals surface area contributed by atoms with Crippen molar-refractivity contribution in [1.29, 1.82) is 0 Å². The molecule has 18 heteroatoms. The molecule has 0 radical (unpaired) electrons. The zero-order valence-corrected chi connectivity index (χ0v) is 21.6. The largest absolute Gasteiger partial charge is 0.466 e. The first kappa shape index (κ1) is 31.7. The molecule has 0 saturated heterocycles. The molecule has 7 nitrogen and oxygen atoms in total. The van der Waals surface area contributed by atoms with Gasteiger partial charge in [0.25, 0.3) is 5.56 Å². The van der Waals surface area contributed by atoms with E-state index >= 15 is 0 Å². The highest BCUT2D eigenvalue weighted by Crippen LogP contribution is 2.46. The first-order chi connectivity index (χ1) is 17.3. The fourth-order valence-electron chi connectivity index (χ4n) is 3.22. The molecular formula is C20H16BrClF9N3O4. The van der Waals surface area contributed by atoms with Crippen molar-refractivity contribution in [2.45, 2.75) is 44.6 Å². The maximum absolute atomic E-state index is 13.7. The molecule has 1 heterocycles. The second-order valence-electron chi connectivity index (χ2n) is 7.36. The number of rotatable bonds is 7. The molecule has 2 rings (SSSR count). The number of ether oxygens (including phenoxy) is 2. The van der Waals surface area contributed by atoms with Crippen molar-refractivity contribution >= 4 is 45.1 Å². The van der Waals surface area contributed by atoms with Crippen molar-refractivity contribution in [1.82, 2.24) is 9.55 Å². The van der Waals surface area contributed by atoms with Crippen molar-refractivity contribution in [2.24, 2.45) is 0 Å². The standard InChI is InChI=1S/C20H16BrClF9N3O4/c1-4-5-33-14(35)12(22)13(20(29,30)31)32-17(33)34(15(37-2)16(36)38-3)10-7-8(18(23,24)25)6-9(11(10)21)19(26,27)28/h6-7,15H,4-5H2,1-3H3. The average Bonchev–Trinajstić information content (AvgIpc) is 2.78. The van der Waals surface area contributed by atoms with Gasteiger partial charge in [-0.3, -0.25) is 14.3 Å². The minimum Gasteiger partial charge on any atom is -0.466 e. The number of carbonyl (C=O) groups is 1. The van der Waals surface area contributed by atoms with Crippen LogP contribution in [0.3, 0.4) is 0 Å². The number of esters is 1. The number of methoxy groups -OCH3 is 2. The minimum absolute atomic E-state index is 0.0115. The number of benzene rings is 1. The Kier molecular flexibility index (Phi) is 9.42. The summed E-state index contributed by atoms with van der Waals surface area (Å²) in [4.78, 5) is 28.7. The Bertz CT molecular complexity index is 1260. The molecule has 2 aromatic rings. The molecule has 0 aliphatic rings. The Labute approximate surface area is 221 Å². The molecule has 1 unspecified atom stereocenters. The summed E-state index contributed by atoms with van der Waals surface area (Å²) in [6, 6.07) is -0.139. The Balaban J connectivity index is 3.22. The van der Waals surface area contributed by atoms with Crippen LogP contribution in [0.2, 0.25) is 5.02 Å². The van der Waals surface area contributed by atoms with Crippen LogP contribution in [-0.2, 0) is 39.3 Å². The maximum Gasteiger partial charge on any atom is 0.435 e. The van der Waals surface area contributed by atoms with E-state index in [1.54, 1.807) is 0 Å². The van der Waals surface area contributed by atoms with Gasteiger partial charge in [0.15, 0.2) is 5.69 Å². The molecule has 0 spiro atoms. The van der Waals surface area contributed by atoms with E-state index in [4.69, 9.17) is 16.3 Å². The van der Waals surface area contributed by atoms with Crippen molar-refractivity contribution in [3.63, 3.8) is 0 Å². The van der Waals surface area contributed by atoms with Crippen LogP contribution < -0.4 is 10.5 Å². The SMILES string of the molecule is CCCn1c(N(c2cc(C(F)(F)F)cc(C(F)(F)F)c2Br)C(OC)C(=O)OC)nc(C(F)(F)F)c(Cl)c1=O. The highest BCUT2D eigenvalue weighted by atomic mass is 79.9. The smallest absolute Gasteiger partial charge is 0.435 e. The van der Waals surface area contributed by atoms with Gasteiger partial charge in [-0.15, -0.1) is 0 Å².